The molecule has 6 heteroatoms. The summed E-state index contributed by atoms with van der Waals surface area (Å²) >= 11 is 0. The van der Waals surface area contributed by atoms with E-state index in [9.17, 15) is 9.90 Å². The van der Waals surface area contributed by atoms with E-state index in [0.29, 0.717) is 0 Å². The summed E-state index contributed by atoms with van der Waals surface area (Å²) in [4.78, 5) is 12.5. The molecule has 2 rings (SSSR count). The van der Waals surface area contributed by atoms with Crippen molar-refractivity contribution >= 4 is 5.91 Å². The van der Waals surface area contributed by atoms with E-state index in [2.05, 4.69) is 15.5 Å². The van der Waals surface area contributed by atoms with Gasteiger partial charge in [-0.1, -0.05) is 20.3 Å². The van der Waals surface area contributed by atoms with Crippen molar-refractivity contribution in [2.45, 2.75) is 39.7 Å². The summed E-state index contributed by atoms with van der Waals surface area (Å²) in [5.74, 6) is 0.883. The van der Waals surface area contributed by atoms with Gasteiger partial charge in [-0.15, -0.1) is 0 Å². The standard InChI is InChI=1S/C19H27N3O3/c1-5-12(2)17(11-23)20-18(24)10-16-13(3)21-22-19(16)14-6-8-15(25-4)9-7-14/h6-9,12,17,23H,5,10-11H2,1-4H3,(H,20,24)(H,21,22)/t12-,17-/m0/s1. The lowest BCUT2D eigenvalue weighted by Gasteiger charge is -2.22. The molecular formula is C19H27N3O3. The maximum atomic E-state index is 12.5. The summed E-state index contributed by atoms with van der Waals surface area (Å²) in [6.07, 6.45) is 1.12. The van der Waals surface area contributed by atoms with Gasteiger partial charge in [0.1, 0.15) is 5.75 Å². The minimum absolute atomic E-state index is 0.0591. The number of aromatic amines is 1. The highest BCUT2D eigenvalue weighted by Crippen LogP contribution is 2.26. The average Bonchev–Trinajstić information content (AvgIpc) is 2.99. The molecule has 1 heterocycles. The Morgan fingerprint density at radius 1 is 1.36 bits per heavy atom. The fourth-order valence-electron chi connectivity index (χ4n) is 2.73. The minimum Gasteiger partial charge on any atom is -0.497 e. The van der Waals surface area contributed by atoms with Crippen molar-refractivity contribution in [1.29, 1.82) is 0 Å². The molecule has 1 amide bonds. The summed E-state index contributed by atoms with van der Waals surface area (Å²) in [5.41, 5.74) is 3.42. The van der Waals surface area contributed by atoms with Crippen molar-refractivity contribution in [1.82, 2.24) is 15.5 Å². The first-order valence-corrected chi connectivity index (χ1v) is 8.58. The largest absolute Gasteiger partial charge is 0.497 e. The molecule has 1 aromatic carbocycles. The van der Waals surface area contributed by atoms with Crippen LogP contribution in [0.1, 0.15) is 31.5 Å². The molecule has 25 heavy (non-hydrogen) atoms. The second-order valence-corrected chi connectivity index (χ2v) is 6.32. The van der Waals surface area contributed by atoms with E-state index in [1.54, 1.807) is 7.11 Å². The lowest BCUT2D eigenvalue weighted by atomic mass is 9.99. The number of aliphatic hydroxyl groups excluding tert-OH is 1. The highest BCUT2D eigenvalue weighted by molar-refractivity contribution is 5.82. The molecule has 0 saturated carbocycles. The maximum absolute atomic E-state index is 12.5. The number of H-pyrrole nitrogens is 1. The molecule has 0 bridgehead atoms. The SMILES string of the molecule is CC[C@H](C)[C@H](CO)NC(=O)Cc1c(-c2ccc(OC)cc2)n[nH]c1C. The summed E-state index contributed by atoms with van der Waals surface area (Å²) < 4.78 is 5.18. The van der Waals surface area contributed by atoms with Crippen LogP contribution in [0, 0.1) is 12.8 Å². The summed E-state index contributed by atoms with van der Waals surface area (Å²) in [6, 6.07) is 7.35. The molecule has 136 valence electrons. The summed E-state index contributed by atoms with van der Waals surface area (Å²) in [5, 5.41) is 19.7. The van der Waals surface area contributed by atoms with Crippen LogP contribution in [0.5, 0.6) is 5.75 Å². The van der Waals surface area contributed by atoms with Crippen molar-refractivity contribution in [2.24, 2.45) is 5.92 Å². The Labute approximate surface area is 148 Å². The Bertz CT molecular complexity index is 694. The third-order valence-electron chi connectivity index (χ3n) is 4.65. The molecule has 2 aromatic rings. The van der Waals surface area contributed by atoms with Gasteiger partial charge in [0.05, 0.1) is 31.9 Å². The zero-order valence-electron chi connectivity index (χ0n) is 15.3. The fourth-order valence-corrected chi connectivity index (χ4v) is 2.73. The Morgan fingerprint density at radius 2 is 2.04 bits per heavy atom. The van der Waals surface area contributed by atoms with Crippen LogP contribution in [0.4, 0.5) is 0 Å². The Balaban J connectivity index is 2.16. The van der Waals surface area contributed by atoms with Crippen molar-refractivity contribution in [3.8, 4) is 17.0 Å². The molecule has 0 aliphatic carbocycles. The number of nitrogens with one attached hydrogen (secondary N) is 2. The number of aliphatic hydroxyl groups is 1. The highest BCUT2D eigenvalue weighted by Gasteiger charge is 2.20. The number of methoxy groups -OCH3 is 1. The molecule has 1 aromatic heterocycles. The topological polar surface area (TPSA) is 87.2 Å². The molecule has 0 unspecified atom stereocenters. The second kappa shape index (κ2) is 8.67. The van der Waals surface area contributed by atoms with Gasteiger partial charge in [0.2, 0.25) is 5.91 Å². The van der Waals surface area contributed by atoms with Crippen LogP contribution in [-0.2, 0) is 11.2 Å². The Morgan fingerprint density at radius 3 is 2.60 bits per heavy atom. The van der Waals surface area contributed by atoms with Gasteiger partial charge in [0, 0.05) is 16.8 Å². The van der Waals surface area contributed by atoms with Gasteiger partial charge < -0.3 is 15.2 Å². The molecule has 0 aliphatic rings. The van der Waals surface area contributed by atoms with Crippen LogP contribution in [0.15, 0.2) is 24.3 Å². The lowest BCUT2D eigenvalue weighted by molar-refractivity contribution is -0.121. The smallest absolute Gasteiger partial charge is 0.224 e. The van der Waals surface area contributed by atoms with Crippen molar-refractivity contribution in [3.05, 3.63) is 35.5 Å². The zero-order chi connectivity index (χ0) is 18.4. The number of hydrogen-bond donors (Lipinski definition) is 3. The molecule has 0 radical (unpaired) electrons. The number of ether oxygens (including phenoxy) is 1. The van der Waals surface area contributed by atoms with Crippen molar-refractivity contribution in [2.75, 3.05) is 13.7 Å². The molecule has 0 spiro atoms. The first kappa shape index (κ1) is 19.0. The van der Waals surface area contributed by atoms with Gasteiger partial charge in [0.25, 0.3) is 0 Å². The van der Waals surface area contributed by atoms with E-state index >= 15 is 0 Å². The van der Waals surface area contributed by atoms with E-state index < -0.39 is 0 Å². The monoisotopic (exact) mass is 345 g/mol. The molecule has 2 atom stereocenters. The average molecular weight is 345 g/mol. The highest BCUT2D eigenvalue weighted by atomic mass is 16.5. The molecule has 0 aliphatic heterocycles. The van der Waals surface area contributed by atoms with Gasteiger partial charge in [-0.3, -0.25) is 9.89 Å². The minimum atomic E-state index is -0.228. The normalized spacial score (nSPS) is 13.3. The Hall–Kier alpha value is -2.34. The van der Waals surface area contributed by atoms with Gasteiger partial charge >= 0.3 is 0 Å². The van der Waals surface area contributed by atoms with Gasteiger partial charge in [-0.25, -0.2) is 0 Å². The number of hydrogen-bond acceptors (Lipinski definition) is 4. The number of carbonyl (C=O) groups is 1. The first-order valence-electron chi connectivity index (χ1n) is 8.58. The van der Waals surface area contributed by atoms with E-state index in [0.717, 1.165) is 34.7 Å². The Kier molecular flexibility index (Phi) is 6.58. The summed E-state index contributed by atoms with van der Waals surface area (Å²) in [7, 11) is 1.62. The number of carbonyl (C=O) groups excluding carboxylic acids is 1. The van der Waals surface area contributed by atoms with Crippen LogP contribution in [-0.4, -0.2) is 41.0 Å². The fraction of sp³-hybridized carbons (Fsp3) is 0.474. The predicted molar refractivity (Wildman–Crippen MR) is 97.5 cm³/mol. The van der Waals surface area contributed by atoms with Gasteiger partial charge in [0.15, 0.2) is 0 Å². The third-order valence-corrected chi connectivity index (χ3v) is 4.65. The zero-order valence-corrected chi connectivity index (χ0v) is 15.3. The van der Waals surface area contributed by atoms with E-state index in [1.807, 2.05) is 45.0 Å². The molecular weight excluding hydrogens is 318 g/mol. The summed E-state index contributed by atoms with van der Waals surface area (Å²) in [6.45, 7) is 5.91. The van der Waals surface area contributed by atoms with Crippen LogP contribution >= 0.6 is 0 Å². The van der Waals surface area contributed by atoms with Gasteiger partial charge in [-0.05, 0) is 37.1 Å². The second-order valence-electron chi connectivity index (χ2n) is 6.32. The number of amides is 1. The number of nitrogens with zero attached hydrogens (tertiary/aromatic N) is 1. The third kappa shape index (κ3) is 4.60. The van der Waals surface area contributed by atoms with Crippen LogP contribution in [0.25, 0.3) is 11.3 Å². The van der Waals surface area contributed by atoms with E-state index in [1.165, 1.54) is 0 Å². The van der Waals surface area contributed by atoms with Crippen molar-refractivity contribution < 1.29 is 14.6 Å². The van der Waals surface area contributed by atoms with Crippen molar-refractivity contribution in [3.63, 3.8) is 0 Å². The van der Waals surface area contributed by atoms with Crippen LogP contribution in [0.2, 0.25) is 0 Å². The van der Waals surface area contributed by atoms with E-state index in [-0.39, 0.29) is 30.9 Å². The molecule has 0 saturated heterocycles. The lowest BCUT2D eigenvalue weighted by Crippen LogP contribution is -2.42. The molecule has 6 nitrogen and oxygen atoms in total. The number of benzene rings is 1. The quantitative estimate of drug-likeness (QED) is 0.686. The van der Waals surface area contributed by atoms with Crippen LogP contribution < -0.4 is 10.1 Å². The van der Waals surface area contributed by atoms with E-state index in [4.69, 9.17) is 4.74 Å². The number of aromatic nitrogens is 2. The number of rotatable bonds is 8. The van der Waals surface area contributed by atoms with Crippen LogP contribution in [0.3, 0.4) is 0 Å². The predicted octanol–water partition coefficient (Wildman–Crippen LogP) is 2.46. The molecule has 3 N–H and O–H groups in total. The first-order chi connectivity index (χ1) is 12.0. The molecule has 0 fully saturated rings. The van der Waals surface area contributed by atoms with Gasteiger partial charge in [-0.2, -0.15) is 5.10 Å². The number of aryl methyl sites for hydroxylation is 1. The maximum Gasteiger partial charge on any atom is 0.224 e.